The lowest BCUT2D eigenvalue weighted by atomic mass is 10.1. The number of nitrogens with zero attached hydrogens (tertiary/aromatic N) is 1. The number of carbonyl (C=O) groups excluding carboxylic acids is 1. The van der Waals surface area contributed by atoms with E-state index in [0.717, 1.165) is 12.2 Å². The van der Waals surface area contributed by atoms with Crippen LogP contribution >= 0.6 is 0 Å². The summed E-state index contributed by atoms with van der Waals surface area (Å²) in [6.07, 6.45) is 1.13. The van der Waals surface area contributed by atoms with Gasteiger partial charge in [0.15, 0.2) is 0 Å². The Morgan fingerprint density at radius 2 is 1.59 bits per heavy atom. The van der Waals surface area contributed by atoms with Gasteiger partial charge in [-0.25, -0.2) is 0 Å². The Morgan fingerprint density at radius 1 is 0.955 bits per heavy atom. The van der Waals surface area contributed by atoms with Crippen LogP contribution in [0.2, 0.25) is 0 Å². The predicted molar refractivity (Wildman–Crippen MR) is 84.7 cm³/mol. The Morgan fingerprint density at radius 3 is 2.27 bits per heavy atom. The van der Waals surface area contributed by atoms with Gasteiger partial charge in [-0.2, -0.15) is 0 Å². The zero-order valence-corrected chi connectivity index (χ0v) is 12.4. The zero-order chi connectivity index (χ0) is 14.9. The van der Waals surface area contributed by atoms with Gasteiger partial charge >= 0.3 is 0 Å². The van der Waals surface area contributed by atoms with Gasteiger partial charge in [-0.15, -0.1) is 0 Å². The number of carbonyl (C=O) groups is 1. The van der Waals surface area contributed by atoms with E-state index in [1.165, 1.54) is 5.56 Å². The third-order valence-corrected chi connectivity index (χ3v) is 4.54. The molecule has 2 atom stereocenters. The quantitative estimate of drug-likeness (QED) is 0.867. The number of ether oxygens (including phenoxy) is 1. The van der Waals surface area contributed by atoms with Crippen LogP contribution in [-0.4, -0.2) is 30.0 Å². The standard InChI is InChI=1S/C19H19NO2/c21-19(18-11-17(18)14-7-3-1-4-8-14)20-12-16(13-20)22-15-9-5-2-6-10-15/h1-10,16-18H,11-13H2/t17-,18+/m0/s1. The van der Waals surface area contributed by atoms with Crippen LogP contribution in [0, 0.1) is 5.92 Å². The number of para-hydroxylation sites is 1. The largest absolute Gasteiger partial charge is 0.487 e. The molecule has 1 heterocycles. The number of hydrogen-bond donors (Lipinski definition) is 0. The van der Waals surface area contributed by atoms with E-state index in [2.05, 4.69) is 12.1 Å². The van der Waals surface area contributed by atoms with Gasteiger partial charge in [0, 0.05) is 5.92 Å². The highest BCUT2D eigenvalue weighted by atomic mass is 16.5. The summed E-state index contributed by atoms with van der Waals surface area (Å²) in [4.78, 5) is 14.4. The Hall–Kier alpha value is -2.29. The minimum atomic E-state index is 0.139. The second kappa shape index (κ2) is 5.48. The van der Waals surface area contributed by atoms with Crippen molar-refractivity contribution in [3.05, 3.63) is 66.2 Å². The van der Waals surface area contributed by atoms with E-state index in [4.69, 9.17) is 4.74 Å². The van der Waals surface area contributed by atoms with Crippen molar-refractivity contribution < 1.29 is 9.53 Å². The van der Waals surface area contributed by atoms with Crippen LogP contribution in [0.3, 0.4) is 0 Å². The SMILES string of the molecule is O=C([C@@H]1C[C@H]1c1ccccc1)N1CC(Oc2ccccc2)C1. The van der Waals surface area contributed by atoms with Gasteiger partial charge < -0.3 is 9.64 Å². The van der Waals surface area contributed by atoms with Crippen LogP contribution in [0.5, 0.6) is 5.75 Å². The fourth-order valence-electron chi connectivity index (χ4n) is 3.16. The maximum absolute atomic E-state index is 12.4. The fraction of sp³-hybridized carbons (Fsp3) is 0.316. The molecule has 2 aromatic rings. The van der Waals surface area contributed by atoms with Crippen molar-refractivity contribution in [1.82, 2.24) is 4.90 Å². The van der Waals surface area contributed by atoms with Crippen LogP contribution < -0.4 is 4.74 Å². The topological polar surface area (TPSA) is 29.5 Å². The highest BCUT2D eigenvalue weighted by molar-refractivity contribution is 5.83. The van der Waals surface area contributed by atoms with Gasteiger partial charge in [0.25, 0.3) is 0 Å². The van der Waals surface area contributed by atoms with Gasteiger partial charge in [-0.3, -0.25) is 4.79 Å². The molecular formula is C19H19NO2. The average Bonchev–Trinajstić information content (AvgIpc) is 3.32. The molecule has 3 nitrogen and oxygen atoms in total. The molecule has 0 bridgehead atoms. The van der Waals surface area contributed by atoms with Crippen molar-refractivity contribution in [3.8, 4) is 5.75 Å². The van der Waals surface area contributed by atoms with Gasteiger partial charge in [-0.1, -0.05) is 48.5 Å². The first-order valence-corrected chi connectivity index (χ1v) is 7.87. The first kappa shape index (κ1) is 13.4. The van der Waals surface area contributed by atoms with Crippen molar-refractivity contribution in [1.29, 1.82) is 0 Å². The van der Waals surface area contributed by atoms with E-state index in [-0.39, 0.29) is 12.0 Å². The molecule has 0 aromatic heterocycles. The summed E-state index contributed by atoms with van der Waals surface area (Å²) in [5.74, 6) is 1.78. The monoisotopic (exact) mass is 293 g/mol. The third kappa shape index (κ3) is 2.59. The van der Waals surface area contributed by atoms with Crippen molar-refractivity contribution in [3.63, 3.8) is 0 Å². The molecule has 1 saturated carbocycles. The third-order valence-electron chi connectivity index (χ3n) is 4.54. The summed E-state index contributed by atoms with van der Waals surface area (Å²) in [7, 11) is 0. The van der Waals surface area contributed by atoms with Crippen LogP contribution in [0.1, 0.15) is 17.9 Å². The molecular weight excluding hydrogens is 274 g/mol. The second-order valence-electron chi connectivity index (χ2n) is 6.16. The number of benzene rings is 2. The van der Waals surface area contributed by atoms with Gasteiger partial charge in [0.1, 0.15) is 11.9 Å². The summed E-state index contributed by atoms with van der Waals surface area (Å²) in [6.45, 7) is 1.43. The van der Waals surface area contributed by atoms with E-state index in [9.17, 15) is 4.79 Å². The van der Waals surface area contributed by atoms with E-state index < -0.39 is 0 Å². The molecule has 0 N–H and O–H groups in total. The first-order chi connectivity index (χ1) is 10.8. The molecule has 2 aliphatic rings. The van der Waals surface area contributed by atoms with Gasteiger partial charge in [0.2, 0.25) is 5.91 Å². The molecule has 1 aliphatic heterocycles. The minimum absolute atomic E-state index is 0.139. The maximum atomic E-state index is 12.4. The number of amides is 1. The maximum Gasteiger partial charge on any atom is 0.226 e. The van der Waals surface area contributed by atoms with Crippen molar-refractivity contribution >= 4 is 5.91 Å². The smallest absolute Gasteiger partial charge is 0.226 e. The Bertz CT molecular complexity index is 650. The first-order valence-electron chi connectivity index (χ1n) is 7.87. The molecule has 2 aromatic carbocycles. The van der Waals surface area contributed by atoms with Crippen LogP contribution in [0.25, 0.3) is 0 Å². The zero-order valence-electron chi connectivity index (χ0n) is 12.4. The fourth-order valence-corrected chi connectivity index (χ4v) is 3.16. The Kier molecular flexibility index (Phi) is 3.34. The molecule has 112 valence electrons. The summed E-state index contributed by atoms with van der Waals surface area (Å²) in [5.41, 5.74) is 1.29. The average molecular weight is 293 g/mol. The summed E-state index contributed by atoms with van der Waals surface area (Å²) in [5, 5.41) is 0. The molecule has 3 heteroatoms. The highest BCUT2D eigenvalue weighted by Crippen LogP contribution is 2.48. The Balaban J connectivity index is 1.28. The summed E-state index contributed by atoms with van der Waals surface area (Å²) < 4.78 is 5.85. The van der Waals surface area contributed by atoms with E-state index in [1.807, 2.05) is 53.4 Å². The number of likely N-dealkylation sites (tertiary alicyclic amines) is 1. The molecule has 1 aliphatic carbocycles. The lowest BCUT2D eigenvalue weighted by molar-refractivity contribution is -0.141. The summed E-state index contributed by atoms with van der Waals surface area (Å²) in [6, 6.07) is 20.2. The molecule has 1 saturated heterocycles. The second-order valence-corrected chi connectivity index (χ2v) is 6.16. The lowest BCUT2D eigenvalue weighted by Gasteiger charge is -2.39. The van der Waals surface area contributed by atoms with E-state index in [1.54, 1.807) is 0 Å². The van der Waals surface area contributed by atoms with E-state index >= 15 is 0 Å². The van der Waals surface area contributed by atoms with E-state index in [0.29, 0.717) is 24.9 Å². The molecule has 2 fully saturated rings. The van der Waals surface area contributed by atoms with Crippen LogP contribution in [0.15, 0.2) is 60.7 Å². The van der Waals surface area contributed by atoms with Crippen molar-refractivity contribution in [2.45, 2.75) is 18.4 Å². The van der Waals surface area contributed by atoms with Gasteiger partial charge in [-0.05, 0) is 30.0 Å². The lowest BCUT2D eigenvalue weighted by Crippen LogP contribution is -2.56. The minimum Gasteiger partial charge on any atom is -0.487 e. The molecule has 1 amide bonds. The normalized spacial score (nSPS) is 23.7. The Labute approximate surface area is 130 Å². The molecule has 4 rings (SSSR count). The predicted octanol–water partition coefficient (Wildman–Crippen LogP) is 3.08. The number of rotatable bonds is 4. The van der Waals surface area contributed by atoms with Crippen LogP contribution in [0.4, 0.5) is 0 Å². The van der Waals surface area contributed by atoms with Crippen LogP contribution in [-0.2, 0) is 4.79 Å². The van der Waals surface area contributed by atoms with Crippen molar-refractivity contribution in [2.24, 2.45) is 5.92 Å². The highest BCUT2D eigenvalue weighted by Gasteiger charge is 2.48. The summed E-state index contributed by atoms with van der Waals surface area (Å²) >= 11 is 0. The molecule has 22 heavy (non-hydrogen) atoms. The van der Waals surface area contributed by atoms with Gasteiger partial charge in [0.05, 0.1) is 13.1 Å². The molecule has 0 unspecified atom stereocenters. The molecule has 0 spiro atoms. The number of hydrogen-bond acceptors (Lipinski definition) is 2. The molecule has 0 radical (unpaired) electrons. The van der Waals surface area contributed by atoms with Crippen molar-refractivity contribution in [2.75, 3.05) is 13.1 Å².